The SMILES string of the molecule is CC(CCNc1cccc(F)c1C#N)c1ccccc1. The fraction of sp³-hybridized carbons (Fsp3) is 0.235. The predicted octanol–water partition coefficient (Wildman–Crippen LogP) is 4.30. The van der Waals surface area contributed by atoms with Crippen molar-refractivity contribution in [3.8, 4) is 6.07 Å². The van der Waals surface area contributed by atoms with E-state index in [0.29, 0.717) is 18.2 Å². The summed E-state index contributed by atoms with van der Waals surface area (Å²) in [7, 11) is 0. The minimum absolute atomic E-state index is 0.0832. The second kappa shape index (κ2) is 6.72. The zero-order valence-electron chi connectivity index (χ0n) is 11.4. The predicted molar refractivity (Wildman–Crippen MR) is 79.1 cm³/mol. The van der Waals surface area contributed by atoms with E-state index in [-0.39, 0.29) is 5.56 Å². The Labute approximate surface area is 118 Å². The summed E-state index contributed by atoms with van der Waals surface area (Å²) in [6.45, 7) is 2.86. The minimum Gasteiger partial charge on any atom is -0.384 e. The van der Waals surface area contributed by atoms with Gasteiger partial charge in [-0.1, -0.05) is 43.3 Å². The van der Waals surface area contributed by atoms with Gasteiger partial charge in [0.05, 0.1) is 5.69 Å². The smallest absolute Gasteiger partial charge is 0.143 e. The Hall–Kier alpha value is -2.34. The Bertz CT molecular complexity index is 602. The van der Waals surface area contributed by atoms with E-state index in [1.54, 1.807) is 12.1 Å². The van der Waals surface area contributed by atoms with Crippen molar-refractivity contribution < 1.29 is 4.39 Å². The van der Waals surface area contributed by atoms with Gasteiger partial charge in [-0.05, 0) is 30.0 Å². The molecule has 1 unspecified atom stereocenters. The van der Waals surface area contributed by atoms with Gasteiger partial charge in [0.15, 0.2) is 0 Å². The Balaban J connectivity index is 1.94. The van der Waals surface area contributed by atoms with Crippen molar-refractivity contribution in [2.45, 2.75) is 19.3 Å². The van der Waals surface area contributed by atoms with Gasteiger partial charge in [0.2, 0.25) is 0 Å². The molecule has 0 fully saturated rings. The van der Waals surface area contributed by atoms with Gasteiger partial charge < -0.3 is 5.32 Å². The van der Waals surface area contributed by atoms with Gasteiger partial charge in [-0.2, -0.15) is 5.26 Å². The second-order valence-corrected chi connectivity index (χ2v) is 4.80. The van der Waals surface area contributed by atoms with Crippen molar-refractivity contribution in [2.24, 2.45) is 0 Å². The van der Waals surface area contributed by atoms with Crippen LogP contribution in [0, 0.1) is 17.1 Å². The number of hydrogen-bond acceptors (Lipinski definition) is 2. The lowest BCUT2D eigenvalue weighted by molar-refractivity contribution is 0.624. The number of rotatable bonds is 5. The number of anilines is 1. The maximum absolute atomic E-state index is 13.4. The van der Waals surface area contributed by atoms with Crippen molar-refractivity contribution in [3.63, 3.8) is 0 Å². The lowest BCUT2D eigenvalue weighted by Crippen LogP contribution is -2.07. The average Bonchev–Trinajstić information content (AvgIpc) is 2.48. The van der Waals surface area contributed by atoms with Crippen LogP contribution < -0.4 is 5.32 Å². The Kier molecular flexibility index (Phi) is 4.73. The van der Waals surface area contributed by atoms with Crippen LogP contribution in [0.2, 0.25) is 0 Å². The van der Waals surface area contributed by atoms with E-state index in [4.69, 9.17) is 5.26 Å². The molecule has 0 bridgehead atoms. The molecule has 2 aromatic rings. The number of halogens is 1. The molecule has 0 saturated carbocycles. The molecule has 2 rings (SSSR count). The number of hydrogen-bond donors (Lipinski definition) is 1. The van der Waals surface area contributed by atoms with E-state index in [1.165, 1.54) is 11.6 Å². The molecule has 2 aromatic carbocycles. The van der Waals surface area contributed by atoms with Crippen LogP contribution in [0.25, 0.3) is 0 Å². The first kappa shape index (κ1) is 14.1. The zero-order valence-corrected chi connectivity index (χ0v) is 11.4. The van der Waals surface area contributed by atoms with Crippen LogP contribution >= 0.6 is 0 Å². The van der Waals surface area contributed by atoms with E-state index < -0.39 is 5.82 Å². The topological polar surface area (TPSA) is 35.8 Å². The molecule has 20 heavy (non-hydrogen) atoms. The highest BCUT2D eigenvalue weighted by Gasteiger charge is 2.08. The number of nitrogens with one attached hydrogen (secondary N) is 1. The van der Waals surface area contributed by atoms with E-state index in [0.717, 1.165) is 6.42 Å². The lowest BCUT2D eigenvalue weighted by Gasteiger charge is -2.13. The van der Waals surface area contributed by atoms with E-state index in [2.05, 4.69) is 24.4 Å². The van der Waals surface area contributed by atoms with E-state index >= 15 is 0 Å². The van der Waals surface area contributed by atoms with Crippen molar-refractivity contribution in [3.05, 3.63) is 65.5 Å². The highest BCUT2D eigenvalue weighted by atomic mass is 19.1. The molecule has 2 nitrogen and oxygen atoms in total. The fourth-order valence-electron chi connectivity index (χ4n) is 2.16. The molecule has 0 aliphatic rings. The number of nitrogens with zero attached hydrogens (tertiary/aromatic N) is 1. The molecule has 0 spiro atoms. The molecular formula is C17H17FN2. The van der Waals surface area contributed by atoms with Crippen LogP contribution in [0.15, 0.2) is 48.5 Å². The second-order valence-electron chi connectivity index (χ2n) is 4.80. The van der Waals surface area contributed by atoms with E-state index in [9.17, 15) is 4.39 Å². The summed E-state index contributed by atoms with van der Waals surface area (Å²) in [5, 5.41) is 12.1. The highest BCUT2D eigenvalue weighted by molar-refractivity contribution is 5.57. The fourth-order valence-corrected chi connectivity index (χ4v) is 2.16. The van der Waals surface area contributed by atoms with Crippen LogP contribution in [0.1, 0.15) is 30.4 Å². The summed E-state index contributed by atoms with van der Waals surface area (Å²) in [6.07, 6.45) is 0.922. The van der Waals surface area contributed by atoms with Gasteiger partial charge in [0, 0.05) is 6.54 Å². The first-order valence-corrected chi connectivity index (χ1v) is 6.70. The van der Waals surface area contributed by atoms with Gasteiger partial charge in [-0.15, -0.1) is 0 Å². The molecule has 0 aromatic heterocycles. The largest absolute Gasteiger partial charge is 0.384 e. The van der Waals surface area contributed by atoms with Crippen LogP contribution in [0.3, 0.4) is 0 Å². The molecule has 0 saturated heterocycles. The summed E-state index contributed by atoms with van der Waals surface area (Å²) in [5.41, 5.74) is 1.93. The molecule has 0 heterocycles. The quantitative estimate of drug-likeness (QED) is 0.877. The standard InChI is InChI=1S/C17H17FN2/c1-13(14-6-3-2-4-7-14)10-11-20-17-9-5-8-16(18)15(17)12-19/h2-9,13,20H,10-11H2,1H3. The van der Waals surface area contributed by atoms with Crippen molar-refractivity contribution in [2.75, 3.05) is 11.9 Å². The normalized spacial score (nSPS) is 11.7. The number of nitriles is 1. The van der Waals surface area contributed by atoms with Gasteiger partial charge in [0.25, 0.3) is 0 Å². The maximum Gasteiger partial charge on any atom is 0.143 e. The highest BCUT2D eigenvalue weighted by Crippen LogP contribution is 2.21. The van der Waals surface area contributed by atoms with Crippen molar-refractivity contribution in [1.29, 1.82) is 5.26 Å². The minimum atomic E-state index is -0.478. The first-order chi connectivity index (χ1) is 9.72. The molecular weight excluding hydrogens is 251 g/mol. The van der Waals surface area contributed by atoms with Crippen LogP contribution in [0.4, 0.5) is 10.1 Å². The van der Waals surface area contributed by atoms with Gasteiger partial charge in [-0.3, -0.25) is 0 Å². The summed E-state index contributed by atoms with van der Waals surface area (Å²) in [4.78, 5) is 0. The van der Waals surface area contributed by atoms with Crippen LogP contribution in [-0.2, 0) is 0 Å². The van der Waals surface area contributed by atoms with Crippen LogP contribution in [0.5, 0.6) is 0 Å². The molecule has 0 aliphatic heterocycles. The Morgan fingerprint density at radius 2 is 1.90 bits per heavy atom. The van der Waals surface area contributed by atoms with E-state index in [1.807, 2.05) is 24.3 Å². The Morgan fingerprint density at radius 3 is 2.60 bits per heavy atom. The summed E-state index contributed by atoms with van der Waals surface area (Å²) in [6, 6.07) is 16.8. The Morgan fingerprint density at radius 1 is 1.15 bits per heavy atom. The lowest BCUT2D eigenvalue weighted by atomic mass is 9.98. The summed E-state index contributed by atoms with van der Waals surface area (Å²) >= 11 is 0. The van der Waals surface area contributed by atoms with Gasteiger partial charge >= 0.3 is 0 Å². The molecule has 1 atom stereocenters. The van der Waals surface area contributed by atoms with Gasteiger partial charge in [0.1, 0.15) is 17.4 Å². The summed E-state index contributed by atoms with van der Waals surface area (Å²) < 4.78 is 13.4. The van der Waals surface area contributed by atoms with Crippen molar-refractivity contribution >= 4 is 5.69 Å². The molecule has 3 heteroatoms. The van der Waals surface area contributed by atoms with Gasteiger partial charge in [-0.25, -0.2) is 4.39 Å². The monoisotopic (exact) mass is 268 g/mol. The molecule has 0 amide bonds. The number of benzene rings is 2. The third kappa shape index (κ3) is 3.36. The molecule has 0 radical (unpaired) electrons. The van der Waals surface area contributed by atoms with Crippen LogP contribution in [-0.4, -0.2) is 6.54 Å². The molecule has 1 N–H and O–H groups in total. The first-order valence-electron chi connectivity index (χ1n) is 6.70. The molecule has 0 aliphatic carbocycles. The third-order valence-electron chi connectivity index (χ3n) is 3.39. The summed E-state index contributed by atoms with van der Waals surface area (Å²) in [5.74, 6) is -0.0589. The zero-order chi connectivity index (χ0) is 14.4. The molecule has 102 valence electrons. The third-order valence-corrected chi connectivity index (χ3v) is 3.39. The maximum atomic E-state index is 13.4. The van der Waals surface area contributed by atoms with Crippen molar-refractivity contribution in [1.82, 2.24) is 0 Å². The average molecular weight is 268 g/mol.